The summed E-state index contributed by atoms with van der Waals surface area (Å²) >= 11 is 2.86. The van der Waals surface area contributed by atoms with E-state index in [1.165, 1.54) is 0 Å². The van der Waals surface area contributed by atoms with Crippen LogP contribution in [0.25, 0.3) is 0 Å². The smallest absolute Gasteiger partial charge is 0.239 e. The summed E-state index contributed by atoms with van der Waals surface area (Å²) in [6.45, 7) is 0. The van der Waals surface area contributed by atoms with Gasteiger partial charge in [0.25, 0.3) is 0 Å². The van der Waals surface area contributed by atoms with Gasteiger partial charge in [0.05, 0.1) is 10.6 Å². The van der Waals surface area contributed by atoms with Crippen LogP contribution >= 0.6 is 15.9 Å². The van der Waals surface area contributed by atoms with E-state index in [9.17, 15) is 12.8 Å². The van der Waals surface area contributed by atoms with Gasteiger partial charge in [0.1, 0.15) is 5.82 Å². The average Bonchev–Trinajstić information content (AvgIpc) is 1.94. The summed E-state index contributed by atoms with van der Waals surface area (Å²) < 4.78 is 34.6. The molecule has 7 heteroatoms. The quantitative estimate of drug-likeness (QED) is 0.740. The van der Waals surface area contributed by atoms with Gasteiger partial charge in [-0.1, -0.05) is 0 Å². The van der Waals surface area contributed by atoms with Gasteiger partial charge in [-0.3, -0.25) is 0 Å². The SMILES string of the molecule is Nc1cc(S(N)(=O)=O)c(Br)cc1F. The fourth-order valence-electron chi connectivity index (χ4n) is 0.763. The number of hydrogen-bond acceptors (Lipinski definition) is 3. The van der Waals surface area contributed by atoms with Crippen molar-refractivity contribution in [3.63, 3.8) is 0 Å². The van der Waals surface area contributed by atoms with Crippen molar-refractivity contribution in [2.45, 2.75) is 4.90 Å². The Morgan fingerprint density at radius 2 is 1.92 bits per heavy atom. The second-order valence-corrected chi connectivity index (χ2v) is 4.73. The first-order valence-corrected chi connectivity index (χ1v) is 5.43. The van der Waals surface area contributed by atoms with Crippen LogP contribution in [-0.2, 0) is 10.0 Å². The van der Waals surface area contributed by atoms with Crippen LogP contribution in [0.1, 0.15) is 0 Å². The summed E-state index contributed by atoms with van der Waals surface area (Å²) in [6.07, 6.45) is 0. The minimum atomic E-state index is -3.87. The number of primary sulfonamides is 1. The Labute approximate surface area is 82.9 Å². The van der Waals surface area contributed by atoms with Crippen molar-refractivity contribution < 1.29 is 12.8 Å². The Balaban J connectivity index is 3.50. The van der Waals surface area contributed by atoms with Crippen molar-refractivity contribution in [2.24, 2.45) is 5.14 Å². The van der Waals surface area contributed by atoms with E-state index in [2.05, 4.69) is 15.9 Å². The number of halogens is 2. The normalized spacial score (nSPS) is 11.6. The third-order valence-corrected chi connectivity index (χ3v) is 3.23. The monoisotopic (exact) mass is 268 g/mol. The van der Waals surface area contributed by atoms with Gasteiger partial charge in [-0.15, -0.1) is 0 Å². The fourth-order valence-corrected chi connectivity index (χ4v) is 2.38. The maximum Gasteiger partial charge on any atom is 0.239 e. The number of nitrogens with two attached hydrogens (primary N) is 2. The van der Waals surface area contributed by atoms with Gasteiger partial charge in [-0.05, 0) is 28.1 Å². The molecule has 0 atom stereocenters. The molecule has 0 saturated carbocycles. The van der Waals surface area contributed by atoms with Crippen LogP contribution in [0.2, 0.25) is 0 Å². The van der Waals surface area contributed by atoms with E-state index in [0.29, 0.717) is 0 Å². The van der Waals surface area contributed by atoms with E-state index < -0.39 is 15.8 Å². The molecule has 72 valence electrons. The minimum Gasteiger partial charge on any atom is -0.396 e. The lowest BCUT2D eigenvalue weighted by molar-refractivity contribution is 0.596. The lowest BCUT2D eigenvalue weighted by Crippen LogP contribution is -2.13. The standard InChI is InChI=1S/C6H6BrFN2O2S/c7-3-1-4(8)5(9)2-6(3)13(10,11)12/h1-2H,9H2,(H2,10,11,12). The molecule has 0 aliphatic heterocycles. The Morgan fingerprint density at radius 1 is 1.38 bits per heavy atom. The minimum absolute atomic E-state index is 0.0571. The molecule has 0 aromatic heterocycles. The lowest BCUT2D eigenvalue weighted by Gasteiger charge is -2.03. The van der Waals surface area contributed by atoms with E-state index in [4.69, 9.17) is 10.9 Å². The third kappa shape index (κ3) is 2.17. The van der Waals surface area contributed by atoms with Gasteiger partial charge in [0.2, 0.25) is 10.0 Å². The second-order valence-electron chi connectivity index (χ2n) is 2.35. The molecular weight excluding hydrogens is 263 g/mol. The average molecular weight is 269 g/mol. The molecule has 1 rings (SSSR count). The van der Waals surface area contributed by atoms with Gasteiger partial charge in [0, 0.05) is 4.47 Å². The molecule has 0 aliphatic carbocycles. The van der Waals surface area contributed by atoms with E-state index in [1.807, 2.05) is 0 Å². The highest BCUT2D eigenvalue weighted by Crippen LogP contribution is 2.25. The number of benzene rings is 1. The molecule has 0 saturated heterocycles. The molecule has 0 unspecified atom stereocenters. The van der Waals surface area contributed by atoms with Crippen molar-refractivity contribution in [1.82, 2.24) is 0 Å². The highest BCUT2D eigenvalue weighted by Gasteiger charge is 2.14. The van der Waals surface area contributed by atoms with Gasteiger partial charge in [0.15, 0.2) is 0 Å². The molecule has 1 aromatic carbocycles. The zero-order chi connectivity index (χ0) is 10.2. The highest BCUT2D eigenvalue weighted by atomic mass is 79.9. The Bertz CT molecular complexity index is 446. The van der Waals surface area contributed by atoms with Crippen LogP contribution in [0.5, 0.6) is 0 Å². The van der Waals surface area contributed by atoms with Crippen LogP contribution in [-0.4, -0.2) is 8.42 Å². The molecule has 4 N–H and O–H groups in total. The zero-order valence-corrected chi connectivity index (χ0v) is 8.69. The molecule has 0 fully saturated rings. The highest BCUT2D eigenvalue weighted by molar-refractivity contribution is 9.10. The van der Waals surface area contributed by atoms with Crippen LogP contribution in [0.3, 0.4) is 0 Å². The van der Waals surface area contributed by atoms with Crippen molar-refractivity contribution in [3.8, 4) is 0 Å². The first-order chi connectivity index (χ1) is 5.82. The Hall–Kier alpha value is -0.660. The number of nitrogen functional groups attached to an aromatic ring is 1. The molecule has 0 heterocycles. The first kappa shape index (κ1) is 10.4. The van der Waals surface area contributed by atoms with Gasteiger partial charge < -0.3 is 5.73 Å². The second kappa shape index (κ2) is 3.24. The van der Waals surface area contributed by atoms with Crippen LogP contribution < -0.4 is 10.9 Å². The Kier molecular flexibility index (Phi) is 2.60. The van der Waals surface area contributed by atoms with Gasteiger partial charge in [-0.25, -0.2) is 17.9 Å². The van der Waals surface area contributed by atoms with E-state index in [1.54, 1.807) is 0 Å². The lowest BCUT2D eigenvalue weighted by atomic mass is 10.3. The summed E-state index contributed by atoms with van der Waals surface area (Å²) in [7, 11) is -3.87. The molecular formula is C6H6BrFN2O2S. The predicted octanol–water partition coefficient (Wildman–Crippen LogP) is 0.818. The van der Waals surface area contributed by atoms with Crippen molar-refractivity contribution >= 4 is 31.6 Å². The molecule has 0 aliphatic rings. The summed E-state index contributed by atoms with van der Waals surface area (Å²) in [5.41, 5.74) is 4.91. The van der Waals surface area contributed by atoms with Gasteiger partial charge >= 0.3 is 0 Å². The molecule has 0 bridgehead atoms. The zero-order valence-electron chi connectivity index (χ0n) is 6.29. The molecule has 0 amide bonds. The van der Waals surface area contributed by atoms with E-state index >= 15 is 0 Å². The first-order valence-electron chi connectivity index (χ1n) is 3.09. The summed E-state index contributed by atoms with van der Waals surface area (Å²) in [5, 5.41) is 4.84. The van der Waals surface area contributed by atoms with Crippen molar-refractivity contribution in [2.75, 3.05) is 5.73 Å². The largest absolute Gasteiger partial charge is 0.396 e. The van der Waals surface area contributed by atoms with E-state index in [-0.39, 0.29) is 15.1 Å². The summed E-state index contributed by atoms with van der Waals surface area (Å²) in [6, 6.07) is 1.92. The number of sulfonamides is 1. The van der Waals surface area contributed by atoms with Crippen LogP contribution in [0.4, 0.5) is 10.1 Å². The molecule has 4 nitrogen and oxygen atoms in total. The van der Waals surface area contributed by atoms with Crippen LogP contribution in [0.15, 0.2) is 21.5 Å². The maximum absolute atomic E-state index is 12.8. The van der Waals surface area contributed by atoms with Crippen LogP contribution in [0, 0.1) is 5.82 Å². The number of rotatable bonds is 1. The topological polar surface area (TPSA) is 86.2 Å². The van der Waals surface area contributed by atoms with E-state index in [0.717, 1.165) is 12.1 Å². The number of hydrogen-bond donors (Lipinski definition) is 2. The third-order valence-electron chi connectivity index (χ3n) is 1.36. The van der Waals surface area contributed by atoms with Gasteiger partial charge in [-0.2, -0.15) is 0 Å². The Morgan fingerprint density at radius 3 is 2.38 bits per heavy atom. The fraction of sp³-hybridized carbons (Fsp3) is 0. The predicted molar refractivity (Wildman–Crippen MR) is 49.9 cm³/mol. The summed E-state index contributed by atoms with van der Waals surface area (Å²) in [5.74, 6) is -0.695. The molecule has 0 radical (unpaired) electrons. The maximum atomic E-state index is 12.8. The molecule has 13 heavy (non-hydrogen) atoms. The molecule has 1 aromatic rings. The van der Waals surface area contributed by atoms with Crippen molar-refractivity contribution in [1.29, 1.82) is 0 Å². The molecule has 0 spiro atoms. The van der Waals surface area contributed by atoms with Crippen molar-refractivity contribution in [3.05, 3.63) is 22.4 Å². The number of anilines is 1. The summed E-state index contributed by atoms with van der Waals surface area (Å²) in [4.78, 5) is -0.230.